The first-order valence-corrected chi connectivity index (χ1v) is 6.65. The van der Waals surface area contributed by atoms with Crippen LogP contribution >= 0.6 is 0 Å². The molecule has 96 valence electrons. The van der Waals surface area contributed by atoms with E-state index < -0.39 is 0 Å². The van der Waals surface area contributed by atoms with Gasteiger partial charge < -0.3 is 10.1 Å². The third kappa shape index (κ3) is 5.73. The van der Waals surface area contributed by atoms with Gasteiger partial charge in [-0.1, -0.05) is 39.0 Å². The highest BCUT2D eigenvalue weighted by molar-refractivity contribution is 5.33. The molecule has 0 amide bonds. The van der Waals surface area contributed by atoms with Gasteiger partial charge in [-0.15, -0.1) is 0 Å². The minimum Gasteiger partial charge on any atom is -0.493 e. The number of benzene rings is 1. The largest absolute Gasteiger partial charge is 0.493 e. The van der Waals surface area contributed by atoms with Crippen molar-refractivity contribution in [3.63, 3.8) is 0 Å². The second kappa shape index (κ2) is 8.13. The fraction of sp³-hybridized carbons (Fsp3) is 0.600. The van der Waals surface area contributed by atoms with Gasteiger partial charge in [-0.25, -0.2) is 0 Å². The molecular weight excluding hydrogens is 210 g/mol. The van der Waals surface area contributed by atoms with E-state index in [2.05, 4.69) is 44.3 Å². The zero-order valence-electron chi connectivity index (χ0n) is 11.3. The molecule has 0 aliphatic heterocycles. The first-order valence-electron chi connectivity index (χ1n) is 6.65. The lowest BCUT2D eigenvalue weighted by atomic mass is 10.1. The standard InChI is InChI=1S/C15H25NO/c1-4-14-8-5-6-9-15(14)17-11-7-10-16-12-13(2)3/h5-6,8-9,13,16H,4,7,10-12H2,1-3H3. The summed E-state index contributed by atoms with van der Waals surface area (Å²) in [5, 5.41) is 3.42. The number of hydrogen-bond acceptors (Lipinski definition) is 2. The van der Waals surface area contributed by atoms with Gasteiger partial charge in [-0.2, -0.15) is 0 Å². The van der Waals surface area contributed by atoms with E-state index in [1.165, 1.54) is 5.56 Å². The molecule has 1 aromatic rings. The maximum atomic E-state index is 5.80. The first kappa shape index (κ1) is 14.0. The van der Waals surface area contributed by atoms with Crippen LogP contribution in [0.5, 0.6) is 5.75 Å². The fourth-order valence-electron chi connectivity index (χ4n) is 1.71. The Balaban J connectivity index is 2.17. The molecule has 0 aliphatic carbocycles. The molecule has 0 aromatic heterocycles. The average Bonchev–Trinajstić information content (AvgIpc) is 2.33. The van der Waals surface area contributed by atoms with Crippen molar-refractivity contribution in [2.45, 2.75) is 33.6 Å². The molecule has 0 saturated heterocycles. The zero-order valence-corrected chi connectivity index (χ0v) is 11.3. The van der Waals surface area contributed by atoms with Gasteiger partial charge in [0.25, 0.3) is 0 Å². The molecule has 0 aliphatic rings. The van der Waals surface area contributed by atoms with Crippen LogP contribution in [0.15, 0.2) is 24.3 Å². The van der Waals surface area contributed by atoms with E-state index in [0.29, 0.717) is 0 Å². The molecule has 0 atom stereocenters. The Morgan fingerprint density at radius 1 is 1.24 bits per heavy atom. The summed E-state index contributed by atoms with van der Waals surface area (Å²) >= 11 is 0. The topological polar surface area (TPSA) is 21.3 Å². The second-order valence-electron chi connectivity index (χ2n) is 4.76. The van der Waals surface area contributed by atoms with Gasteiger partial charge in [-0.3, -0.25) is 0 Å². The summed E-state index contributed by atoms with van der Waals surface area (Å²) in [5.74, 6) is 1.76. The molecule has 0 saturated carbocycles. The molecule has 0 bridgehead atoms. The van der Waals surface area contributed by atoms with Crippen LogP contribution in [0, 0.1) is 5.92 Å². The molecular formula is C15H25NO. The van der Waals surface area contributed by atoms with E-state index in [-0.39, 0.29) is 0 Å². The van der Waals surface area contributed by atoms with Crippen LogP contribution in [0.4, 0.5) is 0 Å². The Morgan fingerprint density at radius 3 is 2.71 bits per heavy atom. The third-order valence-electron chi connectivity index (χ3n) is 2.66. The molecule has 1 rings (SSSR count). The molecule has 17 heavy (non-hydrogen) atoms. The van der Waals surface area contributed by atoms with Crippen LogP contribution in [-0.2, 0) is 6.42 Å². The lowest BCUT2D eigenvalue weighted by Gasteiger charge is -2.11. The van der Waals surface area contributed by atoms with Crippen LogP contribution < -0.4 is 10.1 Å². The summed E-state index contributed by atoms with van der Waals surface area (Å²) in [4.78, 5) is 0. The van der Waals surface area contributed by atoms with Crippen molar-refractivity contribution in [3.8, 4) is 5.75 Å². The van der Waals surface area contributed by atoms with Crippen molar-refractivity contribution >= 4 is 0 Å². The van der Waals surface area contributed by atoms with Gasteiger partial charge in [0.15, 0.2) is 0 Å². The van der Waals surface area contributed by atoms with Crippen LogP contribution in [-0.4, -0.2) is 19.7 Å². The van der Waals surface area contributed by atoms with Gasteiger partial charge in [0.2, 0.25) is 0 Å². The molecule has 0 heterocycles. The van der Waals surface area contributed by atoms with Crippen molar-refractivity contribution in [2.75, 3.05) is 19.7 Å². The highest BCUT2D eigenvalue weighted by atomic mass is 16.5. The van der Waals surface area contributed by atoms with Crippen molar-refractivity contribution in [3.05, 3.63) is 29.8 Å². The number of nitrogens with one attached hydrogen (secondary N) is 1. The molecule has 1 N–H and O–H groups in total. The maximum absolute atomic E-state index is 5.80. The summed E-state index contributed by atoms with van der Waals surface area (Å²) in [7, 11) is 0. The number of rotatable bonds is 8. The molecule has 0 fully saturated rings. The summed E-state index contributed by atoms with van der Waals surface area (Å²) in [6.07, 6.45) is 2.09. The highest BCUT2D eigenvalue weighted by Crippen LogP contribution is 2.18. The van der Waals surface area contributed by atoms with E-state index >= 15 is 0 Å². The summed E-state index contributed by atoms with van der Waals surface area (Å²) in [6, 6.07) is 8.29. The Labute approximate surface area is 105 Å². The van der Waals surface area contributed by atoms with E-state index in [0.717, 1.165) is 44.2 Å². The monoisotopic (exact) mass is 235 g/mol. The van der Waals surface area contributed by atoms with E-state index in [1.807, 2.05) is 6.07 Å². The quantitative estimate of drug-likeness (QED) is 0.698. The second-order valence-corrected chi connectivity index (χ2v) is 4.76. The van der Waals surface area contributed by atoms with Gasteiger partial charge in [0.1, 0.15) is 5.75 Å². The Morgan fingerprint density at radius 2 is 2.00 bits per heavy atom. The van der Waals surface area contributed by atoms with Crippen molar-refractivity contribution in [1.82, 2.24) is 5.32 Å². The number of aryl methyl sites for hydroxylation is 1. The summed E-state index contributed by atoms with van der Waals surface area (Å²) in [5.41, 5.74) is 1.29. The minimum absolute atomic E-state index is 0.719. The molecule has 2 nitrogen and oxygen atoms in total. The maximum Gasteiger partial charge on any atom is 0.122 e. The minimum atomic E-state index is 0.719. The average molecular weight is 235 g/mol. The highest BCUT2D eigenvalue weighted by Gasteiger charge is 2.00. The molecule has 0 radical (unpaired) electrons. The Kier molecular flexibility index (Phi) is 6.71. The van der Waals surface area contributed by atoms with Crippen LogP contribution in [0.3, 0.4) is 0 Å². The Hall–Kier alpha value is -1.02. The van der Waals surface area contributed by atoms with Crippen molar-refractivity contribution in [1.29, 1.82) is 0 Å². The van der Waals surface area contributed by atoms with E-state index in [9.17, 15) is 0 Å². The molecule has 0 spiro atoms. The number of hydrogen-bond donors (Lipinski definition) is 1. The SMILES string of the molecule is CCc1ccccc1OCCCNCC(C)C. The zero-order chi connectivity index (χ0) is 12.5. The van der Waals surface area contributed by atoms with E-state index in [4.69, 9.17) is 4.74 Å². The van der Waals surface area contributed by atoms with Gasteiger partial charge in [0, 0.05) is 0 Å². The number of para-hydroxylation sites is 1. The van der Waals surface area contributed by atoms with Crippen molar-refractivity contribution in [2.24, 2.45) is 5.92 Å². The summed E-state index contributed by atoms with van der Waals surface area (Å²) in [6.45, 7) is 9.52. The predicted octanol–water partition coefficient (Wildman–Crippen LogP) is 3.26. The van der Waals surface area contributed by atoms with Gasteiger partial charge in [0.05, 0.1) is 6.61 Å². The first-order chi connectivity index (χ1) is 8.24. The Bertz CT molecular complexity index is 310. The smallest absolute Gasteiger partial charge is 0.122 e. The molecule has 0 unspecified atom stereocenters. The fourth-order valence-corrected chi connectivity index (χ4v) is 1.71. The van der Waals surface area contributed by atoms with Crippen LogP contribution in [0.2, 0.25) is 0 Å². The lowest BCUT2D eigenvalue weighted by molar-refractivity contribution is 0.304. The van der Waals surface area contributed by atoms with Crippen LogP contribution in [0.1, 0.15) is 32.8 Å². The number of ether oxygens (including phenoxy) is 1. The van der Waals surface area contributed by atoms with E-state index in [1.54, 1.807) is 0 Å². The predicted molar refractivity (Wildman–Crippen MR) is 73.6 cm³/mol. The van der Waals surface area contributed by atoms with Gasteiger partial charge in [-0.05, 0) is 43.5 Å². The normalized spacial score (nSPS) is 10.8. The molecule has 2 heteroatoms. The van der Waals surface area contributed by atoms with Crippen LogP contribution in [0.25, 0.3) is 0 Å². The molecule has 1 aromatic carbocycles. The summed E-state index contributed by atoms with van der Waals surface area (Å²) < 4.78 is 5.80. The lowest BCUT2D eigenvalue weighted by Crippen LogP contribution is -2.22. The van der Waals surface area contributed by atoms with Gasteiger partial charge >= 0.3 is 0 Å². The van der Waals surface area contributed by atoms with Crippen molar-refractivity contribution < 1.29 is 4.74 Å². The third-order valence-corrected chi connectivity index (χ3v) is 2.66.